The molecule has 148 valence electrons. The van der Waals surface area contributed by atoms with Gasteiger partial charge in [-0.2, -0.15) is 13.2 Å². The highest BCUT2D eigenvalue weighted by molar-refractivity contribution is 5.84. The van der Waals surface area contributed by atoms with Crippen molar-refractivity contribution in [3.05, 3.63) is 0 Å². The van der Waals surface area contributed by atoms with Gasteiger partial charge in [-0.05, 0) is 45.2 Å². The maximum absolute atomic E-state index is 12.5. The SMILES string of the molecule is O=C(NC1CCCCC1)C1CCN(C2CCN(CC(F)(F)F)C2=O)CC1. The summed E-state index contributed by atoms with van der Waals surface area (Å²) in [5, 5.41) is 3.16. The number of nitrogens with one attached hydrogen (secondary N) is 1. The van der Waals surface area contributed by atoms with Crippen molar-refractivity contribution in [1.82, 2.24) is 15.1 Å². The summed E-state index contributed by atoms with van der Waals surface area (Å²) >= 11 is 0. The van der Waals surface area contributed by atoms with Gasteiger partial charge in [-0.25, -0.2) is 0 Å². The molecular formula is C18H28F3N3O2. The second-order valence-electron chi connectivity index (χ2n) is 7.83. The zero-order valence-electron chi connectivity index (χ0n) is 15.1. The van der Waals surface area contributed by atoms with E-state index in [0.29, 0.717) is 38.4 Å². The highest BCUT2D eigenvalue weighted by atomic mass is 19.4. The van der Waals surface area contributed by atoms with E-state index in [1.165, 1.54) is 19.3 Å². The first kappa shape index (κ1) is 19.5. The van der Waals surface area contributed by atoms with E-state index >= 15 is 0 Å². The van der Waals surface area contributed by atoms with E-state index < -0.39 is 24.7 Å². The molecule has 0 radical (unpaired) electrons. The number of likely N-dealkylation sites (tertiary alicyclic amines) is 2. The smallest absolute Gasteiger partial charge is 0.353 e. The molecule has 2 heterocycles. The zero-order valence-corrected chi connectivity index (χ0v) is 15.1. The Morgan fingerprint density at radius 3 is 2.27 bits per heavy atom. The third-order valence-corrected chi connectivity index (χ3v) is 5.93. The molecule has 3 rings (SSSR count). The Morgan fingerprint density at radius 1 is 1.00 bits per heavy atom. The monoisotopic (exact) mass is 375 g/mol. The standard InChI is InChI=1S/C18H28F3N3O2/c19-18(20,21)12-24-11-8-15(17(24)26)23-9-6-13(7-10-23)16(25)22-14-4-2-1-3-5-14/h13-15H,1-12H2,(H,22,25). The van der Waals surface area contributed by atoms with Crippen LogP contribution in [0.1, 0.15) is 51.4 Å². The van der Waals surface area contributed by atoms with Gasteiger partial charge in [0.15, 0.2) is 0 Å². The summed E-state index contributed by atoms with van der Waals surface area (Å²) in [6.45, 7) is 0.186. The van der Waals surface area contributed by atoms with E-state index in [9.17, 15) is 22.8 Å². The molecule has 0 aromatic heterocycles. The third kappa shape index (κ3) is 4.90. The Labute approximate surface area is 152 Å². The molecule has 1 saturated carbocycles. The number of halogens is 3. The van der Waals surface area contributed by atoms with E-state index in [2.05, 4.69) is 5.32 Å². The van der Waals surface area contributed by atoms with Crippen LogP contribution in [0.15, 0.2) is 0 Å². The molecule has 1 N–H and O–H groups in total. The molecule has 2 aliphatic heterocycles. The van der Waals surface area contributed by atoms with Gasteiger partial charge in [-0.1, -0.05) is 19.3 Å². The topological polar surface area (TPSA) is 52.7 Å². The Kier molecular flexibility index (Phi) is 6.10. The molecule has 0 bridgehead atoms. The number of carbonyl (C=O) groups excluding carboxylic acids is 2. The van der Waals surface area contributed by atoms with Gasteiger partial charge in [0.25, 0.3) is 0 Å². The van der Waals surface area contributed by atoms with E-state index in [0.717, 1.165) is 17.7 Å². The first-order chi connectivity index (χ1) is 12.3. The second-order valence-corrected chi connectivity index (χ2v) is 7.83. The van der Waals surface area contributed by atoms with E-state index in [1.54, 1.807) is 0 Å². The van der Waals surface area contributed by atoms with Gasteiger partial charge in [0.1, 0.15) is 6.54 Å². The highest BCUT2D eigenvalue weighted by Crippen LogP contribution is 2.27. The van der Waals surface area contributed by atoms with Crippen LogP contribution >= 0.6 is 0 Å². The normalized spacial score (nSPS) is 27.1. The number of carbonyl (C=O) groups is 2. The summed E-state index contributed by atoms with van der Waals surface area (Å²) in [5.74, 6) is -0.364. The predicted octanol–water partition coefficient (Wildman–Crippen LogP) is 2.31. The fraction of sp³-hybridized carbons (Fsp3) is 0.889. The van der Waals surface area contributed by atoms with Gasteiger partial charge in [0.2, 0.25) is 11.8 Å². The average Bonchev–Trinajstić information content (AvgIpc) is 2.95. The van der Waals surface area contributed by atoms with Crippen molar-refractivity contribution in [2.75, 3.05) is 26.2 Å². The van der Waals surface area contributed by atoms with Crippen LogP contribution in [0.5, 0.6) is 0 Å². The van der Waals surface area contributed by atoms with Crippen LogP contribution in [0.4, 0.5) is 13.2 Å². The van der Waals surface area contributed by atoms with Crippen LogP contribution in [0, 0.1) is 5.92 Å². The number of hydrogen-bond donors (Lipinski definition) is 1. The fourth-order valence-electron chi connectivity index (χ4n) is 4.47. The molecule has 5 nitrogen and oxygen atoms in total. The average molecular weight is 375 g/mol. The Morgan fingerprint density at radius 2 is 1.65 bits per heavy atom. The predicted molar refractivity (Wildman–Crippen MR) is 90.4 cm³/mol. The lowest BCUT2D eigenvalue weighted by Crippen LogP contribution is -2.49. The lowest BCUT2D eigenvalue weighted by Gasteiger charge is -2.35. The third-order valence-electron chi connectivity index (χ3n) is 5.93. The number of piperidine rings is 1. The minimum Gasteiger partial charge on any atom is -0.353 e. The quantitative estimate of drug-likeness (QED) is 0.821. The number of hydrogen-bond acceptors (Lipinski definition) is 3. The summed E-state index contributed by atoms with van der Waals surface area (Å²) in [6, 6.07) is -0.165. The molecule has 1 unspecified atom stereocenters. The van der Waals surface area contributed by atoms with Crippen LogP contribution in [0.3, 0.4) is 0 Å². The van der Waals surface area contributed by atoms with Gasteiger partial charge < -0.3 is 10.2 Å². The van der Waals surface area contributed by atoms with Crippen LogP contribution < -0.4 is 5.32 Å². The maximum atomic E-state index is 12.5. The van der Waals surface area contributed by atoms with Crippen LogP contribution in [0.25, 0.3) is 0 Å². The molecule has 2 amide bonds. The molecule has 0 aromatic rings. The van der Waals surface area contributed by atoms with E-state index in [1.807, 2.05) is 4.90 Å². The summed E-state index contributed by atoms with van der Waals surface area (Å²) in [7, 11) is 0. The molecule has 1 aliphatic carbocycles. The van der Waals surface area contributed by atoms with Crippen LogP contribution in [-0.4, -0.2) is 66.1 Å². The van der Waals surface area contributed by atoms with Crippen molar-refractivity contribution in [2.45, 2.75) is 69.6 Å². The summed E-state index contributed by atoms with van der Waals surface area (Å²) in [5.41, 5.74) is 0. The molecule has 26 heavy (non-hydrogen) atoms. The van der Waals surface area contributed by atoms with Crippen LogP contribution in [0.2, 0.25) is 0 Å². The number of alkyl halides is 3. The molecule has 1 atom stereocenters. The molecule has 3 aliphatic rings. The Bertz CT molecular complexity index is 512. The molecular weight excluding hydrogens is 347 g/mol. The summed E-state index contributed by atoms with van der Waals surface area (Å²) in [4.78, 5) is 27.6. The number of amides is 2. The lowest BCUT2D eigenvalue weighted by molar-refractivity contribution is -0.159. The van der Waals surface area contributed by atoms with Gasteiger partial charge >= 0.3 is 6.18 Å². The highest BCUT2D eigenvalue weighted by Gasteiger charge is 2.42. The lowest BCUT2D eigenvalue weighted by atomic mass is 9.92. The molecule has 3 fully saturated rings. The first-order valence-electron chi connectivity index (χ1n) is 9.73. The molecule has 0 spiro atoms. The zero-order chi connectivity index (χ0) is 18.7. The van der Waals surface area contributed by atoms with Crippen molar-refractivity contribution in [1.29, 1.82) is 0 Å². The number of rotatable bonds is 4. The van der Waals surface area contributed by atoms with E-state index in [-0.39, 0.29) is 18.4 Å². The largest absolute Gasteiger partial charge is 0.406 e. The van der Waals surface area contributed by atoms with Crippen molar-refractivity contribution in [2.24, 2.45) is 5.92 Å². The molecule has 2 saturated heterocycles. The molecule has 0 aromatic carbocycles. The Balaban J connectivity index is 1.45. The van der Waals surface area contributed by atoms with Gasteiger partial charge in [-0.3, -0.25) is 14.5 Å². The minimum atomic E-state index is -4.35. The first-order valence-corrected chi connectivity index (χ1v) is 9.73. The summed E-state index contributed by atoms with van der Waals surface area (Å²) < 4.78 is 37.6. The van der Waals surface area contributed by atoms with Gasteiger partial charge in [0, 0.05) is 18.5 Å². The van der Waals surface area contributed by atoms with E-state index in [4.69, 9.17) is 0 Å². The minimum absolute atomic E-state index is 0.0454. The molecule has 8 heteroatoms. The number of nitrogens with zero attached hydrogens (tertiary/aromatic N) is 2. The summed E-state index contributed by atoms with van der Waals surface area (Å²) in [6.07, 6.45) is 3.10. The van der Waals surface area contributed by atoms with Gasteiger partial charge in [0.05, 0.1) is 6.04 Å². The van der Waals surface area contributed by atoms with Crippen molar-refractivity contribution in [3.8, 4) is 0 Å². The maximum Gasteiger partial charge on any atom is 0.406 e. The van der Waals surface area contributed by atoms with Crippen molar-refractivity contribution in [3.63, 3.8) is 0 Å². The van der Waals surface area contributed by atoms with Crippen LogP contribution in [-0.2, 0) is 9.59 Å². The second kappa shape index (κ2) is 8.15. The van der Waals surface area contributed by atoms with Crippen molar-refractivity contribution < 1.29 is 22.8 Å². The van der Waals surface area contributed by atoms with Gasteiger partial charge in [-0.15, -0.1) is 0 Å². The van der Waals surface area contributed by atoms with Crippen molar-refractivity contribution >= 4 is 11.8 Å². The Hall–Kier alpha value is -1.31. The fourth-order valence-corrected chi connectivity index (χ4v) is 4.47.